The number of nitrogens with one attached hydrogen (secondary N) is 1. The minimum Gasteiger partial charge on any atom is -0.385 e. The normalized spacial score (nSPS) is 12.1. The van der Waals surface area contributed by atoms with Gasteiger partial charge in [0.05, 0.1) is 0 Å². The molecule has 2 rings (SSSR count). The van der Waals surface area contributed by atoms with Gasteiger partial charge < -0.3 is 11.1 Å². The lowest BCUT2D eigenvalue weighted by molar-refractivity contribution is 0.628. The quantitative estimate of drug-likeness (QED) is 0.841. The standard InChI is InChI=1S/C16H20N2/c1-13(11-17)12-18-16-9-7-15(8-10-16)14-5-3-2-4-6-14/h2-10,13,18H,11-12,17H2,1H3. The Morgan fingerprint density at radius 2 is 1.56 bits per heavy atom. The van der Waals surface area contributed by atoms with Crippen molar-refractivity contribution < 1.29 is 0 Å². The van der Waals surface area contributed by atoms with E-state index in [1.807, 2.05) is 6.07 Å². The Labute approximate surface area is 109 Å². The Morgan fingerprint density at radius 3 is 2.17 bits per heavy atom. The molecule has 0 spiro atoms. The largest absolute Gasteiger partial charge is 0.385 e. The first kappa shape index (κ1) is 12.7. The van der Waals surface area contributed by atoms with Gasteiger partial charge in [-0.2, -0.15) is 0 Å². The van der Waals surface area contributed by atoms with Crippen LogP contribution in [0.1, 0.15) is 6.92 Å². The third kappa shape index (κ3) is 3.34. The van der Waals surface area contributed by atoms with Gasteiger partial charge in [-0.25, -0.2) is 0 Å². The number of nitrogens with two attached hydrogens (primary N) is 1. The fourth-order valence-corrected chi connectivity index (χ4v) is 1.79. The van der Waals surface area contributed by atoms with E-state index >= 15 is 0 Å². The first-order valence-electron chi connectivity index (χ1n) is 6.39. The Kier molecular flexibility index (Phi) is 4.37. The van der Waals surface area contributed by atoms with Crippen LogP contribution in [0.2, 0.25) is 0 Å². The van der Waals surface area contributed by atoms with Gasteiger partial charge in [-0.3, -0.25) is 0 Å². The van der Waals surface area contributed by atoms with Crippen LogP contribution in [0.15, 0.2) is 54.6 Å². The lowest BCUT2D eigenvalue weighted by Crippen LogP contribution is -2.19. The second kappa shape index (κ2) is 6.22. The van der Waals surface area contributed by atoms with E-state index in [0.29, 0.717) is 5.92 Å². The second-order valence-corrected chi connectivity index (χ2v) is 4.67. The fourth-order valence-electron chi connectivity index (χ4n) is 1.79. The molecule has 0 radical (unpaired) electrons. The molecule has 0 aliphatic carbocycles. The Hall–Kier alpha value is -1.80. The Bertz CT molecular complexity index is 462. The van der Waals surface area contributed by atoms with Crippen LogP contribution in [0, 0.1) is 5.92 Å². The van der Waals surface area contributed by atoms with Crippen molar-refractivity contribution >= 4 is 5.69 Å². The zero-order valence-corrected chi connectivity index (χ0v) is 10.8. The van der Waals surface area contributed by atoms with Gasteiger partial charge in [-0.05, 0) is 35.7 Å². The molecule has 2 heteroatoms. The second-order valence-electron chi connectivity index (χ2n) is 4.67. The van der Waals surface area contributed by atoms with Gasteiger partial charge in [0, 0.05) is 12.2 Å². The van der Waals surface area contributed by atoms with E-state index < -0.39 is 0 Å². The SMILES string of the molecule is CC(CN)CNc1ccc(-c2ccccc2)cc1. The predicted molar refractivity (Wildman–Crippen MR) is 78.6 cm³/mol. The van der Waals surface area contributed by atoms with Gasteiger partial charge in [-0.1, -0.05) is 49.4 Å². The number of hydrogen-bond donors (Lipinski definition) is 2. The van der Waals surface area contributed by atoms with Crippen LogP contribution in [0.3, 0.4) is 0 Å². The molecule has 0 aliphatic heterocycles. The van der Waals surface area contributed by atoms with Crippen LogP contribution in [-0.2, 0) is 0 Å². The zero-order valence-electron chi connectivity index (χ0n) is 10.8. The molecule has 18 heavy (non-hydrogen) atoms. The number of rotatable bonds is 5. The van der Waals surface area contributed by atoms with Crippen molar-refractivity contribution in [3.8, 4) is 11.1 Å². The molecular formula is C16H20N2. The third-order valence-corrected chi connectivity index (χ3v) is 3.05. The zero-order chi connectivity index (χ0) is 12.8. The molecule has 0 saturated carbocycles. The highest BCUT2D eigenvalue weighted by atomic mass is 14.9. The van der Waals surface area contributed by atoms with Crippen LogP contribution in [0.5, 0.6) is 0 Å². The summed E-state index contributed by atoms with van der Waals surface area (Å²) in [6.45, 7) is 3.78. The van der Waals surface area contributed by atoms with Gasteiger partial charge in [0.25, 0.3) is 0 Å². The summed E-state index contributed by atoms with van der Waals surface area (Å²) >= 11 is 0. The summed E-state index contributed by atoms with van der Waals surface area (Å²) in [6, 6.07) is 18.9. The first-order chi connectivity index (χ1) is 8.79. The maximum absolute atomic E-state index is 5.60. The van der Waals surface area contributed by atoms with E-state index in [9.17, 15) is 0 Å². The molecule has 1 atom stereocenters. The van der Waals surface area contributed by atoms with Crippen molar-refractivity contribution in [2.75, 3.05) is 18.4 Å². The van der Waals surface area contributed by atoms with Gasteiger partial charge in [-0.15, -0.1) is 0 Å². The molecule has 3 N–H and O–H groups in total. The molecule has 0 aliphatic rings. The van der Waals surface area contributed by atoms with E-state index in [2.05, 4.69) is 60.8 Å². The lowest BCUT2D eigenvalue weighted by atomic mass is 10.1. The van der Waals surface area contributed by atoms with Crippen LogP contribution < -0.4 is 11.1 Å². The Balaban J connectivity index is 2.02. The van der Waals surface area contributed by atoms with Crippen molar-refractivity contribution in [1.29, 1.82) is 0 Å². The molecule has 2 nitrogen and oxygen atoms in total. The molecule has 0 aromatic heterocycles. The van der Waals surface area contributed by atoms with E-state index in [4.69, 9.17) is 5.73 Å². The van der Waals surface area contributed by atoms with Crippen molar-refractivity contribution in [3.05, 3.63) is 54.6 Å². The predicted octanol–water partition coefficient (Wildman–Crippen LogP) is 3.36. The maximum Gasteiger partial charge on any atom is 0.0340 e. The van der Waals surface area contributed by atoms with Crippen molar-refractivity contribution in [2.24, 2.45) is 11.7 Å². The van der Waals surface area contributed by atoms with Crippen molar-refractivity contribution in [1.82, 2.24) is 0 Å². The average Bonchev–Trinajstić information content (AvgIpc) is 2.46. The molecule has 0 bridgehead atoms. The van der Waals surface area contributed by atoms with Gasteiger partial charge in [0.1, 0.15) is 0 Å². The molecule has 94 valence electrons. The topological polar surface area (TPSA) is 38.0 Å². The van der Waals surface area contributed by atoms with E-state index in [1.54, 1.807) is 0 Å². The fraction of sp³-hybridized carbons (Fsp3) is 0.250. The summed E-state index contributed by atoms with van der Waals surface area (Å²) < 4.78 is 0. The number of anilines is 1. The van der Waals surface area contributed by atoms with Crippen LogP contribution in [0.4, 0.5) is 5.69 Å². The highest BCUT2D eigenvalue weighted by Crippen LogP contribution is 2.20. The minimum atomic E-state index is 0.499. The van der Waals surface area contributed by atoms with E-state index in [1.165, 1.54) is 11.1 Å². The molecule has 1 unspecified atom stereocenters. The van der Waals surface area contributed by atoms with Crippen LogP contribution in [-0.4, -0.2) is 13.1 Å². The molecule has 2 aromatic carbocycles. The summed E-state index contributed by atoms with van der Waals surface area (Å²) in [6.07, 6.45) is 0. The minimum absolute atomic E-state index is 0.499. The van der Waals surface area contributed by atoms with Crippen LogP contribution >= 0.6 is 0 Å². The molecular weight excluding hydrogens is 220 g/mol. The molecule has 0 amide bonds. The number of benzene rings is 2. The first-order valence-corrected chi connectivity index (χ1v) is 6.39. The summed E-state index contributed by atoms with van der Waals surface area (Å²) in [5.41, 5.74) is 9.24. The Morgan fingerprint density at radius 1 is 0.944 bits per heavy atom. The smallest absolute Gasteiger partial charge is 0.0340 e. The number of hydrogen-bond acceptors (Lipinski definition) is 2. The van der Waals surface area contributed by atoms with E-state index in [-0.39, 0.29) is 0 Å². The lowest BCUT2D eigenvalue weighted by Gasteiger charge is -2.11. The van der Waals surface area contributed by atoms with E-state index in [0.717, 1.165) is 18.8 Å². The van der Waals surface area contributed by atoms with Crippen molar-refractivity contribution in [2.45, 2.75) is 6.92 Å². The van der Waals surface area contributed by atoms with Gasteiger partial charge in [0.2, 0.25) is 0 Å². The maximum atomic E-state index is 5.60. The molecule has 2 aromatic rings. The molecule has 0 saturated heterocycles. The van der Waals surface area contributed by atoms with Gasteiger partial charge in [0.15, 0.2) is 0 Å². The average molecular weight is 240 g/mol. The van der Waals surface area contributed by atoms with Crippen molar-refractivity contribution in [3.63, 3.8) is 0 Å². The summed E-state index contributed by atoms with van der Waals surface area (Å²) in [5.74, 6) is 0.499. The molecule has 0 fully saturated rings. The summed E-state index contributed by atoms with van der Waals surface area (Å²) in [4.78, 5) is 0. The monoisotopic (exact) mass is 240 g/mol. The molecule has 0 heterocycles. The third-order valence-electron chi connectivity index (χ3n) is 3.05. The highest BCUT2D eigenvalue weighted by molar-refractivity contribution is 5.65. The highest BCUT2D eigenvalue weighted by Gasteiger charge is 2.00. The summed E-state index contributed by atoms with van der Waals surface area (Å²) in [5, 5.41) is 3.39. The summed E-state index contributed by atoms with van der Waals surface area (Å²) in [7, 11) is 0. The van der Waals surface area contributed by atoms with Gasteiger partial charge >= 0.3 is 0 Å². The van der Waals surface area contributed by atoms with Crippen LogP contribution in [0.25, 0.3) is 11.1 Å².